The molecule has 0 radical (unpaired) electrons. The lowest BCUT2D eigenvalue weighted by Crippen LogP contribution is -2.04. The molecule has 3 nitrogen and oxygen atoms in total. The van der Waals surface area contributed by atoms with Crippen molar-refractivity contribution >= 4 is 5.97 Å². The van der Waals surface area contributed by atoms with Gasteiger partial charge in [0.2, 0.25) is 0 Å². The van der Waals surface area contributed by atoms with E-state index < -0.39 is 0 Å². The minimum Gasteiger partial charge on any atom is -0.497 e. The second-order valence-electron chi connectivity index (χ2n) is 2.47. The fourth-order valence-corrected chi connectivity index (χ4v) is 0.831. The second kappa shape index (κ2) is 4.59. The molecule has 0 spiro atoms. The van der Waals surface area contributed by atoms with Crippen LogP contribution in [0.2, 0.25) is 0 Å². The Labute approximate surface area is 71.7 Å². The highest BCUT2D eigenvalue weighted by molar-refractivity contribution is 5.70. The third kappa shape index (κ3) is 2.78. The van der Waals surface area contributed by atoms with Gasteiger partial charge < -0.3 is 9.47 Å². The molecule has 0 fully saturated rings. The molecule has 0 bridgehead atoms. The first-order valence-electron chi connectivity index (χ1n) is 4.02. The van der Waals surface area contributed by atoms with E-state index in [9.17, 15) is 4.79 Å². The summed E-state index contributed by atoms with van der Waals surface area (Å²) in [4.78, 5) is 11.0. The van der Waals surface area contributed by atoms with Gasteiger partial charge in [0.25, 0.3) is 0 Å². The zero-order valence-electron chi connectivity index (χ0n) is 7.08. The molecular formula is C9H12O3. The van der Waals surface area contributed by atoms with Crippen molar-refractivity contribution in [3.05, 3.63) is 24.2 Å². The number of ether oxygens (including phenoxy) is 2. The van der Waals surface area contributed by atoms with E-state index in [0.29, 0.717) is 18.8 Å². The van der Waals surface area contributed by atoms with E-state index in [4.69, 9.17) is 9.47 Å². The zero-order chi connectivity index (χ0) is 8.81. The van der Waals surface area contributed by atoms with E-state index in [1.807, 2.05) is 6.92 Å². The summed E-state index contributed by atoms with van der Waals surface area (Å²) >= 11 is 0. The van der Waals surface area contributed by atoms with Crippen LogP contribution in [0.25, 0.3) is 0 Å². The molecule has 0 unspecified atom stereocenters. The summed E-state index contributed by atoms with van der Waals surface area (Å²) < 4.78 is 9.88. The van der Waals surface area contributed by atoms with Gasteiger partial charge in [0.1, 0.15) is 12.4 Å². The van der Waals surface area contributed by atoms with Gasteiger partial charge in [-0.3, -0.25) is 4.79 Å². The molecule has 0 aliphatic carbocycles. The van der Waals surface area contributed by atoms with Crippen molar-refractivity contribution in [2.45, 2.75) is 19.8 Å². The van der Waals surface area contributed by atoms with Gasteiger partial charge >= 0.3 is 5.97 Å². The van der Waals surface area contributed by atoms with Crippen molar-refractivity contribution in [3.63, 3.8) is 0 Å². The minimum atomic E-state index is -0.185. The first-order valence-corrected chi connectivity index (χ1v) is 4.02. The summed E-state index contributed by atoms with van der Waals surface area (Å²) in [6.07, 6.45) is 6.16. The SMILES string of the molecule is CCCC(=O)OC1=CCOC=C1. The number of hydrogen-bond donors (Lipinski definition) is 0. The van der Waals surface area contributed by atoms with Crippen molar-refractivity contribution in [2.75, 3.05) is 6.61 Å². The molecule has 0 amide bonds. The molecule has 0 atom stereocenters. The molecule has 0 aromatic carbocycles. The van der Waals surface area contributed by atoms with Crippen LogP contribution < -0.4 is 0 Å². The first-order chi connectivity index (χ1) is 5.83. The van der Waals surface area contributed by atoms with Gasteiger partial charge in [0.05, 0.1) is 6.26 Å². The summed E-state index contributed by atoms with van der Waals surface area (Å²) in [5, 5.41) is 0. The highest BCUT2D eigenvalue weighted by atomic mass is 16.5. The van der Waals surface area contributed by atoms with Crippen LogP contribution in [0.3, 0.4) is 0 Å². The van der Waals surface area contributed by atoms with E-state index in [0.717, 1.165) is 6.42 Å². The van der Waals surface area contributed by atoms with Gasteiger partial charge in [-0.15, -0.1) is 0 Å². The maximum Gasteiger partial charge on any atom is 0.311 e. The van der Waals surface area contributed by atoms with Gasteiger partial charge in [0.15, 0.2) is 0 Å². The number of allylic oxidation sites excluding steroid dienone is 1. The Bertz CT molecular complexity index is 216. The van der Waals surface area contributed by atoms with E-state index in [2.05, 4.69) is 0 Å². The highest BCUT2D eigenvalue weighted by Gasteiger charge is 2.04. The maximum atomic E-state index is 11.0. The zero-order valence-corrected chi connectivity index (χ0v) is 7.08. The van der Waals surface area contributed by atoms with Crippen molar-refractivity contribution in [3.8, 4) is 0 Å². The monoisotopic (exact) mass is 168 g/mol. The number of esters is 1. The predicted molar refractivity (Wildman–Crippen MR) is 44.2 cm³/mol. The fraction of sp³-hybridized carbons (Fsp3) is 0.444. The Morgan fingerprint density at radius 2 is 2.58 bits per heavy atom. The highest BCUT2D eigenvalue weighted by Crippen LogP contribution is 2.07. The number of rotatable bonds is 3. The third-order valence-electron chi connectivity index (χ3n) is 1.40. The average molecular weight is 168 g/mol. The number of carbonyl (C=O) groups excluding carboxylic acids is 1. The quantitative estimate of drug-likeness (QED) is 0.602. The summed E-state index contributed by atoms with van der Waals surface area (Å²) in [6.45, 7) is 2.42. The molecule has 12 heavy (non-hydrogen) atoms. The van der Waals surface area contributed by atoms with Crippen LogP contribution in [-0.2, 0) is 14.3 Å². The maximum absolute atomic E-state index is 11.0. The third-order valence-corrected chi connectivity index (χ3v) is 1.40. The van der Waals surface area contributed by atoms with Crippen molar-refractivity contribution in [1.29, 1.82) is 0 Å². The van der Waals surface area contributed by atoms with Crippen molar-refractivity contribution < 1.29 is 14.3 Å². The van der Waals surface area contributed by atoms with Crippen LogP contribution in [0.4, 0.5) is 0 Å². The first kappa shape index (κ1) is 8.84. The largest absolute Gasteiger partial charge is 0.497 e. The molecule has 0 saturated heterocycles. The Kier molecular flexibility index (Phi) is 3.38. The number of carbonyl (C=O) groups is 1. The lowest BCUT2D eigenvalue weighted by atomic mass is 10.3. The average Bonchev–Trinajstić information content (AvgIpc) is 2.06. The van der Waals surface area contributed by atoms with Gasteiger partial charge in [-0.25, -0.2) is 0 Å². The van der Waals surface area contributed by atoms with Crippen LogP contribution in [0.15, 0.2) is 24.2 Å². The smallest absolute Gasteiger partial charge is 0.311 e. The van der Waals surface area contributed by atoms with Gasteiger partial charge in [-0.05, 0) is 12.5 Å². The molecule has 1 aliphatic heterocycles. The van der Waals surface area contributed by atoms with Crippen LogP contribution in [0.5, 0.6) is 0 Å². The van der Waals surface area contributed by atoms with Crippen LogP contribution >= 0.6 is 0 Å². The Hall–Kier alpha value is -1.25. The lowest BCUT2D eigenvalue weighted by molar-refractivity contribution is -0.139. The summed E-state index contributed by atoms with van der Waals surface area (Å²) in [5.74, 6) is 0.398. The van der Waals surface area contributed by atoms with Crippen LogP contribution in [0, 0.1) is 0 Å². The molecule has 0 aromatic heterocycles. The van der Waals surface area contributed by atoms with Gasteiger partial charge in [0, 0.05) is 12.5 Å². The lowest BCUT2D eigenvalue weighted by Gasteiger charge is -2.07. The van der Waals surface area contributed by atoms with E-state index in [-0.39, 0.29) is 5.97 Å². The van der Waals surface area contributed by atoms with Gasteiger partial charge in [-0.2, -0.15) is 0 Å². The summed E-state index contributed by atoms with van der Waals surface area (Å²) in [7, 11) is 0. The van der Waals surface area contributed by atoms with Gasteiger partial charge in [-0.1, -0.05) is 6.92 Å². The molecule has 1 heterocycles. The number of hydrogen-bond acceptors (Lipinski definition) is 3. The molecule has 0 aromatic rings. The summed E-state index contributed by atoms with van der Waals surface area (Å²) in [6, 6.07) is 0. The molecule has 3 heteroatoms. The molecular weight excluding hydrogens is 156 g/mol. The molecule has 1 aliphatic rings. The fourth-order valence-electron chi connectivity index (χ4n) is 0.831. The van der Waals surface area contributed by atoms with Crippen LogP contribution in [0.1, 0.15) is 19.8 Å². The van der Waals surface area contributed by atoms with Crippen LogP contribution in [-0.4, -0.2) is 12.6 Å². The van der Waals surface area contributed by atoms with E-state index in [1.165, 1.54) is 6.26 Å². The normalized spacial score (nSPS) is 14.9. The Balaban J connectivity index is 2.35. The molecule has 0 N–H and O–H groups in total. The standard InChI is InChI=1S/C9H12O3/c1-2-3-9(10)12-8-4-6-11-7-5-8/h4-6H,2-3,7H2,1H3. The van der Waals surface area contributed by atoms with E-state index in [1.54, 1.807) is 12.2 Å². The minimum absolute atomic E-state index is 0.185. The summed E-state index contributed by atoms with van der Waals surface area (Å²) in [5.41, 5.74) is 0. The van der Waals surface area contributed by atoms with Crippen molar-refractivity contribution in [1.82, 2.24) is 0 Å². The van der Waals surface area contributed by atoms with E-state index >= 15 is 0 Å². The molecule has 0 saturated carbocycles. The Morgan fingerprint density at radius 1 is 1.75 bits per heavy atom. The predicted octanol–water partition coefficient (Wildman–Crippen LogP) is 1.76. The van der Waals surface area contributed by atoms with Crippen molar-refractivity contribution in [2.24, 2.45) is 0 Å². The Morgan fingerprint density at radius 3 is 3.17 bits per heavy atom. The molecule has 66 valence electrons. The topological polar surface area (TPSA) is 35.5 Å². The second-order valence-corrected chi connectivity index (χ2v) is 2.47. The molecule has 1 rings (SSSR count).